The fraction of sp³-hybridized carbons (Fsp3) is 0.583. The van der Waals surface area contributed by atoms with Gasteiger partial charge < -0.3 is 15.5 Å². The van der Waals surface area contributed by atoms with Crippen LogP contribution in [-0.4, -0.2) is 34.9 Å². The van der Waals surface area contributed by atoms with E-state index in [2.05, 4.69) is 10.3 Å². The average Bonchev–Trinajstić information content (AvgIpc) is 2.38. The molecule has 1 aromatic heterocycles. The van der Waals surface area contributed by atoms with E-state index in [1.54, 1.807) is 12.3 Å². The highest BCUT2D eigenvalue weighted by Gasteiger charge is 2.20. The largest absolute Gasteiger partial charge is 0.393 e. The maximum absolute atomic E-state index is 9.50. The highest BCUT2D eigenvalue weighted by Crippen LogP contribution is 2.30. The van der Waals surface area contributed by atoms with Gasteiger partial charge in [-0.1, -0.05) is 11.6 Å². The molecule has 1 atom stereocenters. The second kappa shape index (κ2) is 5.78. The first-order valence-corrected chi connectivity index (χ1v) is 6.25. The summed E-state index contributed by atoms with van der Waals surface area (Å²) in [4.78, 5) is 4.34. The number of hydrogen-bond donors (Lipinski definition) is 3. The van der Waals surface area contributed by atoms with E-state index < -0.39 is 6.10 Å². The first-order valence-electron chi connectivity index (χ1n) is 5.87. The van der Waals surface area contributed by atoms with Crippen molar-refractivity contribution in [2.45, 2.75) is 24.9 Å². The highest BCUT2D eigenvalue weighted by molar-refractivity contribution is 6.31. The predicted molar refractivity (Wildman–Crippen MR) is 66.1 cm³/mol. The van der Waals surface area contributed by atoms with Crippen molar-refractivity contribution >= 4 is 11.6 Å². The van der Waals surface area contributed by atoms with E-state index >= 15 is 0 Å². The Morgan fingerprint density at radius 1 is 1.47 bits per heavy atom. The topological polar surface area (TPSA) is 65.4 Å². The number of aromatic nitrogens is 1. The van der Waals surface area contributed by atoms with Crippen LogP contribution in [0, 0.1) is 0 Å². The van der Waals surface area contributed by atoms with Gasteiger partial charge in [0.25, 0.3) is 0 Å². The Morgan fingerprint density at radius 3 is 2.76 bits per heavy atom. The summed E-state index contributed by atoms with van der Waals surface area (Å²) in [7, 11) is 0. The van der Waals surface area contributed by atoms with Crippen LogP contribution in [-0.2, 0) is 0 Å². The Bertz CT molecular complexity index is 381. The van der Waals surface area contributed by atoms with Gasteiger partial charge in [0.2, 0.25) is 0 Å². The van der Waals surface area contributed by atoms with Crippen molar-refractivity contribution in [2.24, 2.45) is 0 Å². The first kappa shape index (κ1) is 12.8. The Hall–Kier alpha value is -0.680. The van der Waals surface area contributed by atoms with Crippen molar-refractivity contribution in [3.05, 3.63) is 28.5 Å². The molecule has 17 heavy (non-hydrogen) atoms. The van der Waals surface area contributed by atoms with E-state index in [-0.39, 0.29) is 6.61 Å². The molecule has 2 rings (SSSR count). The van der Waals surface area contributed by atoms with Gasteiger partial charge >= 0.3 is 0 Å². The molecule has 5 heteroatoms. The molecule has 0 saturated carbocycles. The third kappa shape index (κ3) is 2.96. The molecule has 0 unspecified atom stereocenters. The number of nitrogens with one attached hydrogen (secondary N) is 1. The zero-order valence-corrected chi connectivity index (χ0v) is 10.3. The van der Waals surface area contributed by atoms with Gasteiger partial charge in [0, 0.05) is 17.7 Å². The third-order valence-corrected chi connectivity index (χ3v) is 3.48. The van der Waals surface area contributed by atoms with Crippen molar-refractivity contribution < 1.29 is 10.2 Å². The lowest BCUT2D eigenvalue weighted by Crippen LogP contribution is -2.27. The number of piperidine rings is 1. The van der Waals surface area contributed by atoms with Crippen molar-refractivity contribution in [3.63, 3.8) is 0 Å². The minimum atomic E-state index is -0.901. The van der Waals surface area contributed by atoms with E-state index in [9.17, 15) is 5.11 Å². The molecule has 0 amide bonds. The molecule has 0 spiro atoms. The van der Waals surface area contributed by atoms with Crippen LogP contribution in [0.2, 0.25) is 5.02 Å². The fourth-order valence-corrected chi connectivity index (χ4v) is 2.48. The average molecular weight is 257 g/mol. The number of aliphatic hydroxyl groups excluding tert-OH is 2. The summed E-state index contributed by atoms with van der Waals surface area (Å²) >= 11 is 6.19. The molecule has 3 N–H and O–H groups in total. The van der Waals surface area contributed by atoms with E-state index in [1.165, 1.54) is 0 Å². The number of pyridine rings is 1. The van der Waals surface area contributed by atoms with E-state index in [1.807, 2.05) is 0 Å². The van der Waals surface area contributed by atoms with Crippen LogP contribution in [0.25, 0.3) is 0 Å². The normalized spacial score (nSPS) is 19.2. The summed E-state index contributed by atoms with van der Waals surface area (Å²) in [6.07, 6.45) is 2.77. The van der Waals surface area contributed by atoms with Crippen LogP contribution in [0.3, 0.4) is 0 Å². The molecule has 0 bridgehead atoms. The Labute approximate surface area is 106 Å². The molecule has 94 valence electrons. The zero-order valence-electron chi connectivity index (χ0n) is 9.56. The van der Waals surface area contributed by atoms with E-state index in [0.717, 1.165) is 31.6 Å². The van der Waals surface area contributed by atoms with Crippen molar-refractivity contribution in [1.29, 1.82) is 0 Å². The molecule has 1 saturated heterocycles. The van der Waals surface area contributed by atoms with Crippen molar-refractivity contribution in [2.75, 3.05) is 19.7 Å². The lowest BCUT2D eigenvalue weighted by Gasteiger charge is -2.23. The number of aliphatic hydroxyl groups is 2. The Morgan fingerprint density at radius 2 is 2.18 bits per heavy atom. The summed E-state index contributed by atoms with van der Waals surface area (Å²) in [6, 6.07) is 1.70. The van der Waals surface area contributed by atoms with Gasteiger partial charge in [-0.05, 0) is 32.0 Å². The minimum Gasteiger partial charge on any atom is -0.393 e. The fourth-order valence-electron chi connectivity index (χ4n) is 2.15. The van der Waals surface area contributed by atoms with Crippen molar-refractivity contribution in [3.8, 4) is 0 Å². The zero-order chi connectivity index (χ0) is 12.3. The van der Waals surface area contributed by atoms with Crippen LogP contribution in [0.4, 0.5) is 0 Å². The number of nitrogens with zero attached hydrogens (tertiary/aromatic N) is 1. The number of hydrogen-bond acceptors (Lipinski definition) is 4. The second-order valence-electron chi connectivity index (χ2n) is 4.36. The summed E-state index contributed by atoms with van der Waals surface area (Å²) in [5.41, 5.74) is 1.47. The smallest absolute Gasteiger partial charge is 0.104 e. The van der Waals surface area contributed by atoms with Crippen LogP contribution in [0.15, 0.2) is 12.3 Å². The molecule has 0 radical (unpaired) electrons. The minimum absolute atomic E-state index is 0.315. The molecule has 2 heterocycles. The monoisotopic (exact) mass is 256 g/mol. The summed E-state index contributed by atoms with van der Waals surface area (Å²) in [6.45, 7) is 1.66. The van der Waals surface area contributed by atoms with Gasteiger partial charge in [-0.2, -0.15) is 0 Å². The van der Waals surface area contributed by atoms with Gasteiger partial charge in [-0.25, -0.2) is 0 Å². The number of halogens is 1. The number of rotatable bonds is 3. The SMILES string of the molecule is OC[C@@H](O)c1cnc(C2CCNCC2)c(Cl)c1. The quantitative estimate of drug-likeness (QED) is 0.761. The van der Waals surface area contributed by atoms with Crippen LogP contribution < -0.4 is 5.32 Å². The molecule has 1 aliphatic rings. The molecule has 4 nitrogen and oxygen atoms in total. The first-order chi connectivity index (χ1) is 8.22. The Balaban J connectivity index is 2.18. The van der Waals surface area contributed by atoms with Crippen LogP contribution in [0.1, 0.15) is 36.1 Å². The van der Waals surface area contributed by atoms with Gasteiger partial charge in [0.1, 0.15) is 6.10 Å². The lowest BCUT2D eigenvalue weighted by atomic mass is 9.93. The lowest BCUT2D eigenvalue weighted by molar-refractivity contribution is 0.0953. The molecule has 1 fully saturated rings. The second-order valence-corrected chi connectivity index (χ2v) is 4.77. The third-order valence-electron chi connectivity index (χ3n) is 3.17. The van der Waals surface area contributed by atoms with Crippen molar-refractivity contribution in [1.82, 2.24) is 10.3 Å². The van der Waals surface area contributed by atoms with Crippen LogP contribution in [0.5, 0.6) is 0 Å². The molecule has 1 aromatic rings. The maximum Gasteiger partial charge on any atom is 0.104 e. The standard InChI is InChI=1S/C12H17ClN2O2/c13-10-5-9(11(17)7-16)6-15-12(10)8-1-3-14-4-2-8/h5-6,8,11,14,16-17H,1-4,7H2/t11-/m1/s1. The molecule has 1 aliphatic heterocycles. The maximum atomic E-state index is 9.50. The van der Waals surface area contributed by atoms with Gasteiger partial charge in [-0.15, -0.1) is 0 Å². The summed E-state index contributed by atoms with van der Waals surface area (Å²) in [5, 5.41) is 22.2. The Kier molecular flexibility index (Phi) is 4.34. The predicted octanol–water partition coefficient (Wildman–Crippen LogP) is 1.23. The summed E-state index contributed by atoms with van der Waals surface area (Å²) in [5.74, 6) is 0.393. The molecule has 0 aromatic carbocycles. The van der Waals surface area contributed by atoms with E-state index in [0.29, 0.717) is 16.5 Å². The molecular weight excluding hydrogens is 240 g/mol. The highest BCUT2D eigenvalue weighted by atomic mass is 35.5. The molecule has 0 aliphatic carbocycles. The summed E-state index contributed by atoms with van der Waals surface area (Å²) < 4.78 is 0. The van der Waals surface area contributed by atoms with Gasteiger partial charge in [0.05, 0.1) is 17.3 Å². The van der Waals surface area contributed by atoms with Gasteiger partial charge in [0.15, 0.2) is 0 Å². The van der Waals surface area contributed by atoms with E-state index in [4.69, 9.17) is 16.7 Å². The van der Waals surface area contributed by atoms with Gasteiger partial charge in [-0.3, -0.25) is 4.98 Å². The van der Waals surface area contributed by atoms with Crippen LogP contribution >= 0.6 is 11.6 Å². The molecular formula is C12H17ClN2O2.